The summed E-state index contributed by atoms with van der Waals surface area (Å²) in [7, 11) is 0. The van der Waals surface area contributed by atoms with E-state index in [1.807, 2.05) is 0 Å². The third-order valence-electron chi connectivity index (χ3n) is 10.3. The molecule has 4 aliphatic rings. The number of aromatic nitrogens is 1. The first-order chi connectivity index (χ1) is 17.1. The molecule has 1 aromatic heterocycles. The minimum Gasteiger partial charge on any atom is -0.393 e. The van der Waals surface area contributed by atoms with Gasteiger partial charge in [-0.2, -0.15) is 0 Å². The van der Waals surface area contributed by atoms with Crippen molar-refractivity contribution in [2.45, 2.75) is 102 Å². The Labute approximate surface area is 216 Å². The summed E-state index contributed by atoms with van der Waals surface area (Å²) in [6, 6.07) is 4.24. The Morgan fingerprint density at radius 1 is 1.11 bits per heavy atom. The van der Waals surface area contributed by atoms with E-state index in [-0.39, 0.29) is 10.8 Å². The molecule has 4 N–H and O–H groups in total. The van der Waals surface area contributed by atoms with Crippen molar-refractivity contribution in [2.75, 3.05) is 0 Å². The third-order valence-corrected chi connectivity index (χ3v) is 10.3. The molecule has 4 heteroatoms. The number of rotatable bonds is 6. The van der Waals surface area contributed by atoms with Crippen LogP contribution in [-0.2, 0) is 5.41 Å². The summed E-state index contributed by atoms with van der Waals surface area (Å²) in [5.41, 5.74) is 5.76. The predicted octanol–water partition coefficient (Wildman–Crippen LogP) is 6.05. The molecule has 0 amide bonds. The molecule has 36 heavy (non-hydrogen) atoms. The maximum atomic E-state index is 11.1. The van der Waals surface area contributed by atoms with Crippen molar-refractivity contribution in [1.82, 2.24) is 4.98 Å². The Morgan fingerprint density at radius 2 is 1.89 bits per heavy atom. The Balaban J connectivity index is 1.29. The molecular weight excluding hydrogens is 446 g/mol. The summed E-state index contributed by atoms with van der Waals surface area (Å²) in [5.74, 6) is 1.62. The fourth-order valence-electron chi connectivity index (χ4n) is 7.86. The zero-order chi connectivity index (χ0) is 25.7. The van der Waals surface area contributed by atoms with Crippen LogP contribution in [0.25, 0.3) is 0 Å². The normalized spacial score (nSPS) is 38.0. The zero-order valence-electron chi connectivity index (χ0n) is 22.3. The highest BCUT2D eigenvalue weighted by Crippen LogP contribution is 2.59. The van der Waals surface area contributed by atoms with Gasteiger partial charge in [-0.25, -0.2) is 0 Å². The molecule has 0 saturated heterocycles. The molecule has 7 atom stereocenters. The van der Waals surface area contributed by atoms with Gasteiger partial charge in [0.2, 0.25) is 0 Å². The topological polar surface area (TPSA) is 76.5 Å². The van der Waals surface area contributed by atoms with Crippen molar-refractivity contribution >= 4 is 0 Å². The number of aliphatic hydroxyl groups excluding tert-OH is 3. The third kappa shape index (κ3) is 4.61. The van der Waals surface area contributed by atoms with Crippen molar-refractivity contribution in [3.63, 3.8) is 0 Å². The molecule has 4 nitrogen and oxygen atoms in total. The highest BCUT2D eigenvalue weighted by atomic mass is 16.3. The second kappa shape index (κ2) is 9.78. The summed E-state index contributed by atoms with van der Waals surface area (Å²) < 4.78 is 0. The van der Waals surface area contributed by atoms with Gasteiger partial charge in [0.25, 0.3) is 0 Å². The molecule has 0 spiro atoms. The number of aromatic amines is 1. The molecule has 0 bridgehead atoms. The smallest absolute Gasteiger partial charge is 0.0831 e. The lowest BCUT2D eigenvalue weighted by Gasteiger charge is -2.44. The van der Waals surface area contributed by atoms with Crippen LogP contribution in [0.3, 0.4) is 0 Å². The van der Waals surface area contributed by atoms with E-state index in [4.69, 9.17) is 0 Å². The van der Waals surface area contributed by atoms with Crippen molar-refractivity contribution in [3.8, 4) is 0 Å². The van der Waals surface area contributed by atoms with E-state index < -0.39 is 18.3 Å². The fraction of sp³-hybridized carbons (Fsp3) is 0.625. The monoisotopic (exact) mass is 491 g/mol. The van der Waals surface area contributed by atoms with E-state index in [0.717, 1.165) is 36.1 Å². The summed E-state index contributed by atoms with van der Waals surface area (Å²) in [4.78, 5) is 3.46. The first kappa shape index (κ1) is 25.8. The van der Waals surface area contributed by atoms with Gasteiger partial charge in [-0.15, -0.1) is 0 Å². The predicted molar refractivity (Wildman–Crippen MR) is 145 cm³/mol. The van der Waals surface area contributed by atoms with Crippen molar-refractivity contribution in [1.29, 1.82) is 0 Å². The van der Waals surface area contributed by atoms with Gasteiger partial charge >= 0.3 is 0 Å². The lowest BCUT2D eigenvalue weighted by Crippen LogP contribution is -2.35. The van der Waals surface area contributed by atoms with Crippen molar-refractivity contribution in [2.24, 2.45) is 23.2 Å². The minimum atomic E-state index is -0.635. The Bertz CT molecular complexity index is 1070. The standard InChI is InChI=1S/C32H45NO3/c1-20(7-14-30(36)32(16-17-32)29-13-8-21(2)33-29)26-11-12-27-23(6-5-15-31(26,27)4)9-10-24-18-25(34)19-28(35)22(24)3/h7-10,13-14,20,25-28,30,33-36H,3,5-6,11-12,15-19H2,1-2,4H3/t20-,25-,26-,27+,28+,30-,31-/m1/s1. The molecule has 4 fully saturated rings. The molecule has 0 unspecified atom stereocenters. The Hall–Kier alpha value is -1.88. The van der Waals surface area contributed by atoms with E-state index in [9.17, 15) is 15.3 Å². The molecule has 1 heterocycles. The number of aryl methyl sites for hydroxylation is 1. The number of H-pyrrole nitrogens is 1. The van der Waals surface area contributed by atoms with Gasteiger partial charge in [0.15, 0.2) is 0 Å². The quantitative estimate of drug-likeness (QED) is 0.366. The van der Waals surface area contributed by atoms with Crippen LogP contribution in [-0.4, -0.2) is 38.6 Å². The van der Waals surface area contributed by atoms with Crippen LogP contribution in [0.4, 0.5) is 0 Å². The summed E-state index contributed by atoms with van der Waals surface area (Å²) in [6.45, 7) is 11.0. The highest BCUT2D eigenvalue weighted by molar-refractivity contribution is 5.39. The van der Waals surface area contributed by atoms with Crippen molar-refractivity contribution in [3.05, 3.63) is 71.1 Å². The maximum absolute atomic E-state index is 11.1. The van der Waals surface area contributed by atoms with Gasteiger partial charge in [-0.3, -0.25) is 0 Å². The summed E-state index contributed by atoms with van der Waals surface area (Å²) in [5, 5.41) is 31.4. The average molecular weight is 492 g/mol. The summed E-state index contributed by atoms with van der Waals surface area (Å²) >= 11 is 0. The van der Waals surface area contributed by atoms with Crippen LogP contribution < -0.4 is 0 Å². The fourth-order valence-corrected chi connectivity index (χ4v) is 7.86. The molecule has 196 valence electrons. The second-order valence-corrected chi connectivity index (χ2v) is 12.6. The van der Waals surface area contributed by atoms with Crippen LogP contribution >= 0.6 is 0 Å². The van der Waals surface area contributed by atoms with Gasteiger partial charge in [-0.05, 0) is 105 Å². The average Bonchev–Trinajstić information content (AvgIpc) is 3.41. The maximum Gasteiger partial charge on any atom is 0.0831 e. The number of fused-ring (bicyclic) bond motifs is 1. The largest absolute Gasteiger partial charge is 0.393 e. The molecular formula is C32H45NO3. The molecule has 5 rings (SSSR count). The van der Waals surface area contributed by atoms with Gasteiger partial charge in [0, 0.05) is 23.2 Å². The van der Waals surface area contributed by atoms with E-state index in [1.165, 1.54) is 37.0 Å². The van der Waals surface area contributed by atoms with Gasteiger partial charge in [-0.1, -0.05) is 50.3 Å². The Kier molecular flexibility index (Phi) is 6.99. The van der Waals surface area contributed by atoms with Gasteiger partial charge in [0.1, 0.15) is 0 Å². The lowest BCUT2D eigenvalue weighted by atomic mass is 9.61. The second-order valence-electron chi connectivity index (χ2n) is 12.6. The van der Waals surface area contributed by atoms with E-state index in [0.29, 0.717) is 30.6 Å². The number of nitrogens with one attached hydrogen (secondary N) is 1. The van der Waals surface area contributed by atoms with E-state index >= 15 is 0 Å². The Morgan fingerprint density at radius 3 is 2.58 bits per heavy atom. The number of hydrogen-bond donors (Lipinski definition) is 4. The first-order valence-electron chi connectivity index (χ1n) is 14.1. The molecule has 4 aliphatic carbocycles. The molecule has 1 aromatic rings. The van der Waals surface area contributed by atoms with Crippen LogP contribution in [0, 0.1) is 30.1 Å². The van der Waals surface area contributed by atoms with E-state index in [2.05, 4.69) is 68.8 Å². The van der Waals surface area contributed by atoms with Crippen molar-refractivity contribution < 1.29 is 15.3 Å². The lowest BCUT2D eigenvalue weighted by molar-refractivity contribution is 0.0862. The number of hydrogen-bond acceptors (Lipinski definition) is 3. The molecule has 4 saturated carbocycles. The number of allylic oxidation sites excluding steroid dienone is 4. The van der Waals surface area contributed by atoms with Gasteiger partial charge < -0.3 is 20.3 Å². The molecule has 0 aromatic carbocycles. The van der Waals surface area contributed by atoms with Crippen LogP contribution in [0.2, 0.25) is 0 Å². The molecule has 0 aliphatic heterocycles. The SMILES string of the molecule is C=C1C(=CC=C2CCC[C@]3(C)[C@@H]([C@H](C)C=C[C@@H](O)C4(c5ccc(C)[nH]5)CC4)CC[C@@H]23)C[C@@H](O)C[C@@H]1O. The van der Waals surface area contributed by atoms with E-state index in [1.54, 1.807) is 0 Å². The van der Waals surface area contributed by atoms with Crippen LogP contribution in [0.1, 0.15) is 83.0 Å². The molecule has 0 radical (unpaired) electrons. The highest BCUT2D eigenvalue weighted by Gasteiger charge is 2.52. The van der Waals surface area contributed by atoms with Gasteiger partial charge in [0.05, 0.1) is 18.3 Å². The zero-order valence-corrected chi connectivity index (χ0v) is 22.3. The van der Waals surface area contributed by atoms with Crippen LogP contribution in [0.15, 0.2) is 59.7 Å². The first-order valence-corrected chi connectivity index (χ1v) is 14.1. The number of aliphatic hydroxyl groups is 3. The summed E-state index contributed by atoms with van der Waals surface area (Å²) in [6.07, 6.45) is 16.3. The minimum absolute atomic E-state index is 0.120. The van der Waals surface area contributed by atoms with Crippen LogP contribution in [0.5, 0.6) is 0 Å².